The van der Waals surface area contributed by atoms with Crippen LogP contribution in [0.3, 0.4) is 0 Å². The van der Waals surface area contributed by atoms with Crippen molar-refractivity contribution in [3.63, 3.8) is 0 Å². The maximum absolute atomic E-state index is 13.5. The summed E-state index contributed by atoms with van der Waals surface area (Å²) in [5, 5.41) is 5.28. The first-order valence-electron chi connectivity index (χ1n) is 10.7. The first kappa shape index (κ1) is 19.8. The molecule has 5 rings (SSSR count). The summed E-state index contributed by atoms with van der Waals surface area (Å²) in [6, 6.07) is 7.74. The van der Waals surface area contributed by atoms with Crippen molar-refractivity contribution in [1.82, 2.24) is 19.7 Å². The smallest absolute Gasteiger partial charge is 0.254 e. The molecular weight excluding hydrogens is 396 g/mol. The third-order valence-corrected chi connectivity index (χ3v) is 5.65. The molecule has 0 N–H and O–H groups in total. The van der Waals surface area contributed by atoms with Gasteiger partial charge in [-0.15, -0.1) is 0 Å². The topological polar surface area (TPSA) is 78.7 Å². The van der Waals surface area contributed by atoms with Gasteiger partial charge in [-0.3, -0.25) is 4.79 Å². The molecule has 1 atom stereocenters. The number of benzene rings is 1. The highest BCUT2D eigenvalue weighted by Gasteiger charge is 2.26. The van der Waals surface area contributed by atoms with Gasteiger partial charge in [0.2, 0.25) is 0 Å². The molecule has 2 aromatic heterocycles. The number of hydrogen-bond acceptors (Lipinski definition) is 6. The summed E-state index contributed by atoms with van der Waals surface area (Å²) in [5.74, 6) is 1.39. The molecule has 2 aliphatic heterocycles. The average Bonchev–Trinajstić information content (AvgIpc) is 3.22. The fourth-order valence-electron chi connectivity index (χ4n) is 4.10. The van der Waals surface area contributed by atoms with E-state index < -0.39 is 0 Å². The summed E-state index contributed by atoms with van der Waals surface area (Å²) in [6.07, 6.45) is 1.76. The molecule has 4 heterocycles. The Bertz CT molecular complexity index is 1140. The zero-order chi connectivity index (χ0) is 21.5. The minimum absolute atomic E-state index is 0.0191. The number of amides is 1. The Labute approximate surface area is 180 Å². The van der Waals surface area contributed by atoms with Gasteiger partial charge in [-0.05, 0) is 45.0 Å². The molecule has 0 bridgehead atoms. The average molecular weight is 422 g/mol. The van der Waals surface area contributed by atoms with Crippen molar-refractivity contribution >= 4 is 16.9 Å². The summed E-state index contributed by atoms with van der Waals surface area (Å²) in [4.78, 5) is 20.3. The van der Waals surface area contributed by atoms with Gasteiger partial charge in [0.25, 0.3) is 5.91 Å². The molecule has 1 amide bonds. The number of nitrogens with zero attached hydrogens (tertiary/aromatic N) is 4. The fourth-order valence-corrected chi connectivity index (χ4v) is 4.10. The predicted octanol–water partition coefficient (Wildman–Crippen LogP) is 3.31. The van der Waals surface area contributed by atoms with E-state index in [1.165, 1.54) is 0 Å². The summed E-state index contributed by atoms with van der Waals surface area (Å²) in [7, 11) is 0. The number of carbonyl (C=O) groups excluding carboxylic acids is 1. The van der Waals surface area contributed by atoms with Gasteiger partial charge in [0, 0.05) is 24.7 Å². The Morgan fingerprint density at radius 3 is 2.71 bits per heavy atom. The number of aromatic nitrogens is 3. The zero-order valence-electron chi connectivity index (χ0n) is 18.0. The van der Waals surface area contributed by atoms with Crippen LogP contribution in [0.25, 0.3) is 22.3 Å². The van der Waals surface area contributed by atoms with Crippen LogP contribution in [-0.4, -0.2) is 64.6 Å². The van der Waals surface area contributed by atoms with Gasteiger partial charge in [-0.2, -0.15) is 5.10 Å². The van der Waals surface area contributed by atoms with E-state index in [1.54, 1.807) is 6.20 Å². The monoisotopic (exact) mass is 422 g/mol. The number of morpholine rings is 1. The Balaban J connectivity index is 1.64. The van der Waals surface area contributed by atoms with Gasteiger partial charge in [0.15, 0.2) is 17.1 Å². The van der Waals surface area contributed by atoms with Crippen LogP contribution in [0, 0.1) is 0 Å². The minimum Gasteiger partial charge on any atom is -0.486 e. The quantitative estimate of drug-likeness (QED) is 0.644. The summed E-state index contributed by atoms with van der Waals surface area (Å²) < 4.78 is 18.9. The van der Waals surface area contributed by atoms with Crippen LogP contribution in [0.1, 0.15) is 37.2 Å². The van der Waals surface area contributed by atoms with E-state index in [0.29, 0.717) is 55.6 Å². The summed E-state index contributed by atoms with van der Waals surface area (Å²) in [5.41, 5.74) is 2.88. The van der Waals surface area contributed by atoms with Crippen molar-refractivity contribution < 1.29 is 19.0 Å². The van der Waals surface area contributed by atoms with Crippen LogP contribution in [0.2, 0.25) is 0 Å². The molecule has 1 fully saturated rings. The SMILES string of the molecule is CC1CN(C(=O)c2cc(-c3ccc4c(c3)OCCO4)nc3c2cnn3C(C)C)CCO1. The highest BCUT2D eigenvalue weighted by Crippen LogP contribution is 2.35. The maximum Gasteiger partial charge on any atom is 0.254 e. The van der Waals surface area contributed by atoms with Crippen LogP contribution in [0.4, 0.5) is 0 Å². The van der Waals surface area contributed by atoms with E-state index >= 15 is 0 Å². The van der Waals surface area contributed by atoms with Crippen molar-refractivity contribution in [2.75, 3.05) is 32.9 Å². The highest BCUT2D eigenvalue weighted by atomic mass is 16.6. The van der Waals surface area contributed by atoms with Gasteiger partial charge >= 0.3 is 0 Å². The van der Waals surface area contributed by atoms with E-state index in [0.717, 1.165) is 16.7 Å². The summed E-state index contributed by atoms with van der Waals surface area (Å²) >= 11 is 0. The standard InChI is InChI=1S/C23H26N4O4/c1-14(2)27-22-18(12-24-27)17(23(28)26-6-7-29-15(3)13-26)11-19(25-22)16-4-5-20-21(10-16)31-9-8-30-20/h4-5,10-12,14-15H,6-9,13H2,1-3H3. The first-order valence-corrected chi connectivity index (χ1v) is 10.7. The minimum atomic E-state index is -0.0235. The molecule has 3 aromatic rings. The largest absolute Gasteiger partial charge is 0.486 e. The van der Waals surface area contributed by atoms with Gasteiger partial charge in [-0.25, -0.2) is 9.67 Å². The highest BCUT2D eigenvalue weighted by molar-refractivity contribution is 6.06. The van der Waals surface area contributed by atoms with Crippen LogP contribution in [0.5, 0.6) is 11.5 Å². The van der Waals surface area contributed by atoms with Crippen molar-refractivity contribution in [3.8, 4) is 22.8 Å². The van der Waals surface area contributed by atoms with Crippen LogP contribution < -0.4 is 9.47 Å². The van der Waals surface area contributed by atoms with E-state index in [9.17, 15) is 4.79 Å². The summed E-state index contributed by atoms with van der Waals surface area (Å²) in [6.45, 7) is 8.83. The molecule has 0 spiro atoms. The number of pyridine rings is 1. The Kier molecular flexibility index (Phi) is 5.02. The molecule has 1 unspecified atom stereocenters. The number of carbonyl (C=O) groups is 1. The molecule has 1 aromatic carbocycles. The number of fused-ring (bicyclic) bond motifs is 2. The fraction of sp³-hybridized carbons (Fsp3) is 0.435. The molecule has 162 valence electrons. The molecule has 0 radical (unpaired) electrons. The lowest BCUT2D eigenvalue weighted by Gasteiger charge is -2.31. The van der Waals surface area contributed by atoms with Crippen LogP contribution >= 0.6 is 0 Å². The number of rotatable bonds is 3. The van der Waals surface area contributed by atoms with E-state index in [2.05, 4.69) is 18.9 Å². The molecule has 31 heavy (non-hydrogen) atoms. The lowest BCUT2D eigenvalue weighted by Crippen LogP contribution is -2.44. The number of hydrogen-bond donors (Lipinski definition) is 0. The van der Waals surface area contributed by atoms with E-state index in [4.69, 9.17) is 19.2 Å². The Morgan fingerprint density at radius 2 is 1.94 bits per heavy atom. The van der Waals surface area contributed by atoms with Gasteiger partial charge in [0.1, 0.15) is 13.2 Å². The maximum atomic E-state index is 13.5. The molecule has 1 saturated heterocycles. The Hall–Kier alpha value is -3.13. The van der Waals surface area contributed by atoms with Crippen molar-refractivity contribution in [2.24, 2.45) is 0 Å². The van der Waals surface area contributed by atoms with Crippen molar-refractivity contribution in [3.05, 3.63) is 36.0 Å². The van der Waals surface area contributed by atoms with Crippen molar-refractivity contribution in [1.29, 1.82) is 0 Å². The van der Waals surface area contributed by atoms with E-state index in [-0.39, 0.29) is 18.1 Å². The first-order chi connectivity index (χ1) is 15.0. The number of ether oxygens (including phenoxy) is 3. The van der Waals surface area contributed by atoms with Gasteiger partial charge in [0.05, 0.1) is 35.6 Å². The van der Waals surface area contributed by atoms with Crippen LogP contribution in [-0.2, 0) is 4.74 Å². The molecule has 0 aliphatic carbocycles. The molecule has 0 saturated carbocycles. The third kappa shape index (κ3) is 3.61. The molecular formula is C23H26N4O4. The lowest BCUT2D eigenvalue weighted by atomic mass is 10.0. The molecule has 2 aliphatic rings. The van der Waals surface area contributed by atoms with Gasteiger partial charge < -0.3 is 19.1 Å². The van der Waals surface area contributed by atoms with Crippen molar-refractivity contribution in [2.45, 2.75) is 32.9 Å². The second kappa shape index (κ2) is 7.85. The zero-order valence-corrected chi connectivity index (χ0v) is 18.0. The lowest BCUT2D eigenvalue weighted by molar-refractivity contribution is -0.0123. The molecule has 8 nitrogen and oxygen atoms in total. The Morgan fingerprint density at radius 1 is 1.13 bits per heavy atom. The van der Waals surface area contributed by atoms with E-state index in [1.807, 2.05) is 40.8 Å². The second-order valence-corrected chi connectivity index (χ2v) is 8.27. The third-order valence-electron chi connectivity index (χ3n) is 5.65. The second-order valence-electron chi connectivity index (χ2n) is 8.27. The van der Waals surface area contributed by atoms with Crippen LogP contribution in [0.15, 0.2) is 30.5 Å². The predicted molar refractivity (Wildman–Crippen MR) is 116 cm³/mol. The van der Waals surface area contributed by atoms with Gasteiger partial charge in [-0.1, -0.05) is 0 Å². The molecule has 8 heteroatoms. The normalized spacial score (nSPS) is 18.6.